The molecule has 1 aromatic carbocycles. The van der Waals surface area contributed by atoms with Crippen molar-refractivity contribution in [2.45, 2.75) is 71.3 Å². The maximum Gasteiger partial charge on any atom is 0.219 e. The van der Waals surface area contributed by atoms with Gasteiger partial charge in [0, 0.05) is 25.0 Å². The smallest absolute Gasteiger partial charge is 0.219 e. The summed E-state index contributed by atoms with van der Waals surface area (Å²) in [6, 6.07) is 8.10. The first-order chi connectivity index (χ1) is 15.7. The van der Waals surface area contributed by atoms with Crippen molar-refractivity contribution in [1.29, 1.82) is 0 Å². The molecule has 2 heterocycles. The molecule has 0 fully saturated rings. The van der Waals surface area contributed by atoms with E-state index in [1.54, 1.807) is 0 Å². The first kappa shape index (κ1) is 24.0. The normalized spacial score (nSPS) is 12.4. The third kappa shape index (κ3) is 6.19. The van der Waals surface area contributed by atoms with E-state index in [0.29, 0.717) is 32.0 Å². The highest BCUT2D eigenvalue weighted by Gasteiger charge is 2.18. The number of carbonyl (C=O) groups is 1. The standard InChI is InChI=1S/C25H37N5O2/c1-3-5-6-7-8-15-22(31)27-16-11-12-19(17-32-4-2)30-18-28-23-24(30)20-13-9-10-14-21(20)29-25(23)26/h9-10,13-14,18-19H,3-8,11-12,15-17H2,1-2H3,(H2,26,29)(H,27,31). The largest absolute Gasteiger partial charge is 0.382 e. The van der Waals surface area contributed by atoms with Crippen LogP contribution in [0.3, 0.4) is 0 Å². The number of imidazole rings is 1. The molecule has 0 aliphatic heterocycles. The Hall–Kier alpha value is -2.67. The van der Waals surface area contributed by atoms with Crippen LogP contribution < -0.4 is 11.1 Å². The number of rotatable bonds is 14. The van der Waals surface area contributed by atoms with Crippen molar-refractivity contribution < 1.29 is 9.53 Å². The lowest BCUT2D eigenvalue weighted by molar-refractivity contribution is -0.121. The Morgan fingerprint density at radius 2 is 1.97 bits per heavy atom. The fraction of sp³-hybridized carbons (Fsp3) is 0.560. The van der Waals surface area contributed by atoms with Gasteiger partial charge >= 0.3 is 0 Å². The van der Waals surface area contributed by atoms with Gasteiger partial charge in [0.1, 0.15) is 5.52 Å². The minimum absolute atomic E-state index is 0.108. The molecular weight excluding hydrogens is 402 g/mol. The number of amides is 1. The van der Waals surface area contributed by atoms with Gasteiger partial charge in [-0.05, 0) is 32.3 Å². The number of nitrogens with zero attached hydrogens (tertiary/aromatic N) is 3. The van der Waals surface area contributed by atoms with E-state index in [9.17, 15) is 4.79 Å². The Balaban J connectivity index is 1.63. The van der Waals surface area contributed by atoms with Gasteiger partial charge in [-0.15, -0.1) is 0 Å². The van der Waals surface area contributed by atoms with Crippen molar-refractivity contribution in [3.05, 3.63) is 30.6 Å². The van der Waals surface area contributed by atoms with Crippen LogP contribution in [0.1, 0.15) is 71.3 Å². The summed E-state index contributed by atoms with van der Waals surface area (Å²) in [5.74, 6) is 0.597. The van der Waals surface area contributed by atoms with Gasteiger partial charge in [-0.3, -0.25) is 4.79 Å². The molecule has 3 aromatic rings. The average molecular weight is 440 g/mol. The summed E-state index contributed by atoms with van der Waals surface area (Å²) < 4.78 is 7.96. The number of para-hydroxylation sites is 1. The van der Waals surface area contributed by atoms with Crippen molar-refractivity contribution in [2.75, 3.05) is 25.5 Å². The van der Waals surface area contributed by atoms with Crippen LogP contribution >= 0.6 is 0 Å². The SMILES string of the molecule is CCCCCCCC(=O)NCCCC(COCC)n1cnc2c(N)nc3ccccc3c21. The lowest BCUT2D eigenvalue weighted by Gasteiger charge is -2.20. The molecule has 7 heteroatoms. The fourth-order valence-corrected chi connectivity index (χ4v) is 4.15. The van der Waals surface area contributed by atoms with E-state index < -0.39 is 0 Å². The number of aromatic nitrogens is 3. The predicted octanol–water partition coefficient (Wildman–Crippen LogP) is 5.00. The number of nitrogen functional groups attached to an aromatic ring is 1. The van der Waals surface area contributed by atoms with Gasteiger partial charge in [0.15, 0.2) is 5.82 Å². The summed E-state index contributed by atoms with van der Waals surface area (Å²) in [6.07, 6.45) is 10.0. The van der Waals surface area contributed by atoms with E-state index in [1.165, 1.54) is 19.3 Å². The van der Waals surface area contributed by atoms with Crippen molar-refractivity contribution in [1.82, 2.24) is 19.9 Å². The predicted molar refractivity (Wildman–Crippen MR) is 131 cm³/mol. The first-order valence-corrected chi connectivity index (χ1v) is 12.0. The third-order valence-electron chi connectivity index (χ3n) is 5.89. The highest BCUT2D eigenvalue weighted by molar-refractivity contribution is 6.06. The molecule has 0 bridgehead atoms. The molecule has 0 spiro atoms. The van der Waals surface area contributed by atoms with Gasteiger partial charge in [0.25, 0.3) is 0 Å². The summed E-state index contributed by atoms with van der Waals surface area (Å²) in [7, 11) is 0. The number of hydrogen-bond donors (Lipinski definition) is 2. The summed E-state index contributed by atoms with van der Waals surface area (Å²) in [5, 5.41) is 4.11. The maximum atomic E-state index is 12.1. The topological polar surface area (TPSA) is 95.1 Å². The molecule has 3 rings (SSSR count). The van der Waals surface area contributed by atoms with Crippen LogP contribution in [-0.2, 0) is 9.53 Å². The minimum Gasteiger partial charge on any atom is -0.382 e. The van der Waals surface area contributed by atoms with Crippen LogP contribution in [0.15, 0.2) is 30.6 Å². The number of anilines is 1. The molecule has 0 saturated carbocycles. The Bertz CT molecular complexity index is 1000. The highest BCUT2D eigenvalue weighted by Crippen LogP contribution is 2.30. The maximum absolute atomic E-state index is 12.1. The van der Waals surface area contributed by atoms with Gasteiger partial charge in [-0.2, -0.15) is 0 Å². The molecule has 0 radical (unpaired) electrons. The number of benzene rings is 1. The minimum atomic E-state index is 0.108. The molecular formula is C25H37N5O2. The molecule has 0 saturated heterocycles. The van der Waals surface area contributed by atoms with Gasteiger partial charge in [-0.25, -0.2) is 9.97 Å². The van der Waals surface area contributed by atoms with E-state index in [1.807, 2.05) is 31.5 Å². The van der Waals surface area contributed by atoms with Crippen LogP contribution in [0.4, 0.5) is 5.82 Å². The Morgan fingerprint density at radius 3 is 2.78 bits per heavy atom. The summed E-state index contributed by atoms with van der Waals surface area (Å²) >= 11 is 0. The molecule has 1 atom stereocenters. The molecule has 1 unspecified atom stereocenters. The zero-order valence-electron chi connectivity index (χ0n) is 19.5. The van der Waals surface area contributed by atoms with Crippen LogP contribution in [0.25, 0.3) is 21.9 Å². The Kier molecular flexibility index (Phi) is 9.28. The van der Waals surface area contributed by atoms with Crippen molar-refractivity contribution >= 4 is 33.7 Å². The zero-order valence-corrected chi connectivity index (χ0v) is 19.5. The van der Waals surface area contributed by atoms with Gasteiger partial charge in [0.2, 0.25) is 5.91 Å². The monoisotopic (exact) mass is 439 g/mol. The number of carbonyl (C=O) groups excluding carboxylic acids is 1. The number of hydrogen-bond acceptors (Lipinski definition) is 5. The molecule has 0 aliphatic carbocycles. The van der Waals surface area contributed by atoms with Crippen molar-refractivity contribution in [2.24, 2.45) is 0 Å². The number of fused-ring (bicyclic) bond motifs is 3. The Labute approximate surface area is 190 Å². The summed E-state index contributed by atoms with van der Waals surface area (Å²) in [5.41, 5.74) is 8.77. The van der Waals surface area contributed by atoms with Gasteiger partial charge in [0.05, 0.1) is 30.0 Å². The summed E-state index contributed by atoms with van der Waals surface area (Å²) in [6.45, 7) is 6.12. The molecule has 174 valence electrons. The molecule has 0 aliphatic rings. The molecule has 2 aromatic heterocycles. The highest BCUT2D eigenvalue weighted by atomic mass is 16.5. The van der Waals surface area contributed by atoms with E-state index in [-0.39, 0.29) is 11.9 Å². The second-order valence-electron chi connectivity index (χ2n) is 8.33. The van der Waals surface area contributed by atoms with Crippen LogP contribution in [0.2, 0.25) is 0 Å². The first-order valence-electron chi connectivity index (χ1n) is 12.0. The number of nitrogens with one attached hydrogen (secondary N) is 1. The third-order valence-corrected chi connectivity index (χ3v) is 5.89. The van der Waals surface area contributed by atoms with Crippen LogP contribution in [0.5, 0.6) is 0 Å². The van der Waals surface area contributed by atoms with E-state index in [0.717, 1.165) is 47.6 Å². The molecule has 1 amide bonds. The zero-order chi connectivity index (χ0) is 22.8. The second kappa shape index (κ2) is 12.4. The Morgan fingerprint density at radius 1 is 1.16 bits per heavy atom. The molecule has 7 nitrogen and oxygen atoms in total. The second-order valence-corrected chi connectivity index (χ2v) is 8.33. The quantitative estimate of drug-likeness (QED) is 0.345. The van der Waals surface area contributed by atoms with Crippen LogP contribution in [0, 0.1) is 0 Å². The van der Waals surface area contributed by atoms with Crippen molar-refractivity contribution in [3.8, 4) is 0 Å². The van der Waals surface area contributed by atoms with E-state index in [2.05, 4.69) is 32.8 Å². The van der Waals surface area contributed by atoms with Crippen LogP contribution in [-0.4, -0.2) is 40.2 Å². The number of nitrogens with two attached hydrogens (primary N) is 1. The average Bonchev–Trinajstić information content (AvgIpc) is 3.24. The molecule has 3 N–H and O–H groups in total. The van der Waals surface area contributed by atoms with E-state index in [4.69, 9.17) is 10.5 Å². The molecule has 32 heavy (non-hydrogen) atoms. The van der Waals surface area contributed by atoms with Gasteiger partial charge < -0.3 is 20.4 Å². The number of pyridine rings is 1. The number of ether oxygens (including phenoxy) is 1. The van der Waals surface area contributed by atoms with Gasteiger partial charge in [-0.1, -0.05) is 50.8 Å². The fourth-order valence-electron chi connectivity index (χ4n) is 4.15. The lowest BCUT2D eigenvalue weighted by atomic mass is 10.1. The lowest BCUT2D eigenvalue weighted by Crippen LogP contribution is -2.25. The van der Waals surface area contributed by atoms with E-state index >= 15 is 0 Å². The number of unbranched alkanes of at least 4 members (excludes halogenated alkanes) is 4. The summed E-state index contributed by atoms with van der Waals surface area (Å²) in [4.78, 5) is 21.2. The van der Waals surface area contributed by atoms with Crippen molar-refractivity contribution in [3.63, 3.8) is 0 Å².